The normalized spacial score (nSPS) is 18.0. The number of hydrogen-bond acceptors (Lipinski definition) is 1. The molecular weight excluding hydrogens is 239 g/mol. The van der Waals surface area contributed by atoms with Crippen LogP contribution in [0.1, 0.15) is 24.0 Å². The standard InChI is InChI=1S/C17H17FO/c18-15-9-5-4-6-13(15)12-16(19)17(10-11-17)14-7-2-1-3-8-14/h1-9,16,19H,10-12H2. The molecule has 1 aliphatic rings. The Morgan fingerprint density at radius 2 is 1.63 bits per heavy atom. The second kappa shape index (κ2) is 4.78. The van der Waals surface area contributed by atoms with Gasteiger partial charge in [0.25, 0.3) is 0 Å². The first-order chi connectivity index (χ1) is 9.22. The number of benzene rings is 2. The van der Waals surface area contributed by atoms with E-state index in [1.165, 1.54) is 11.6 Å². The molecule has 1 saturated carbocycles. The fourth-order valence-electron chi connectivity index (χ4n) is 2.79. The van der Waals surface area contributed by atoms with Crippen LogP contribution in [0.5, 0.6) is 0 Å². The first-order valence-electron chi connectivity index (χ1n) is 6.69. The van der Waals surface area contributed by atoms with Crippen molar-refractivity contribution in [3.05, 3.63) is 71.5 Å². The van der Waals surface area contributed by atoms with Crippen LogP contribution < -0.4 is 0 Å². The van der Waals surface area contributed by atoms with Crippen LogP contribution in [0, 0.1) is 5.82 Å². The topological polar surface area (TPSA) is 20.2 Å². The predicted molar refractivity (Wildman–Crippen MR) is 73.5 cm³/mol. The van der Waals surface area contributed by atoms with Crippen LogP contribution in [0.2, 0.25) is 0 Å². The van der Waals surface area contributed by atoms with E-state index in [1.54, 1.807) is 12.1 Å². The molecule has 0 aromatic heterocycles. The highest BCUT2D eigenvalue weighted by Crippen LogP contribution is 2.51. The average Bonchev–Trinajstić information content (AvgIpc) is 3.24. The molecule has 0 spiro atoms. The molecule has 3 rings (SSSR count). The summed E-state index contributed by atoms with van der Waals surface area (Å²) in [5, 5.41) is 10.5. The number of aliphatic hydroxyl groups excluding tert-OH is 1. The summed E-state index contributed by atoms with van der Waals surface area (Å²) in [5.74, 6) is -0.231. The zero-order valence-corrected chi connectivity index (χ0v) is 10.7. The zero-order valence-electron chi connectivity index (χ0n) is 10.7. The Bertz CT molecular complexity index is 560. The van der Waals surface area contributed by atoms with Crippen LogP contribution in [-0.2, 0) is 11.8 Å². The van der Waals surface area contributed by atoms with E-state index < -0.39 is 6.10 Å². The van der Waals surface area contributed by atoms with E-state index in [1.807, 2.05) is 24.3 Å². The van der Waals surface area contributed by atoms with Gasteiger partial charge in [-0.3, -0.25) is 0 Å². The lowest BCUT2D eigenvalue weighted by Gasteiger charge is -2.23. The average molecular weight is 256 g/mol. The molecule has 0 bridgehead atoms. The van der Waals surface area contributed by atoms with Crippen LogP contribution in [0.4, 0.5) is 4.39 Å². The van der Waals surface area contributed by atoms with Gasteiger partial charge in [-0.15, -0.1) is 0 Å². The maximum Gasteiger partial charge on any atom is 0.126 e. The molecule has 1 aliphatic carbocycles. The van der Waals surface area contributed by atoms with Gasteiger partial charge in [-0.1, -0.05) is 48.5 Å². The maximum absolute atomic E-state index is 13.6. The summed E-state index contributed by atoms with van der Waals surface area (Å²) in [4.78, 5) is 0. The fourth-order valence-corrected chi connectivity index (χ4v) is 2.79. The Morgan fingerprint density at radius 3 is 2.26 bits per heavy atom. The Morgan fingerprint density at radius 1 is 1.00 bits per heavy atom. The summed E-state index contributed by atoms with van der Waals surface area (Å²) in [6.45, 7) is 0. The quantitative estimate of drug-likeness (QED) is 0.888. The summed E-state index contributed by atoms with van der Waals surface area (Å²) >= 11 is 0. The molecule has 0 aliphatic heterocycles. The van der Waals surface area contributed by atoms with Gasteiger partial charge >= 0.3 is 0 Å². The lowest BCUT2D eigenvalue weighted by atomic mass is 9.86. The van der Waals surface area contributed by atoms with Gasteiger partial charge in [0, 0.05) is 11.8 Å². The summed E-state index contributed by atoms with van der Waals surface area (Å²) in [7, 11) is 0. The van der Waals surface area contributed by atoms with E-state index in [4.69, 9.17) is 0 Å². The lowest BCUT2D eigenvalue weighted by molar-refractivity contribution is 0.130. The van der Waals surface area contributed by atoms with Gasteiger partial charge in [-0.2, -0.15) is 0 Å². The van der Waals surface area contributed by atoms with Crippen molar-refractivity contribution in [1.82, 2.24) is 0 Å². The third kappa shape index (κ3) is 2.28. The highest BCUT2D eigenvalue weighted by atomic mass is 19.1. The number of halogens is 1. The highest BCUT2D eigenvalue weighted by molar-refractivity contribution is 5.34. The molecule has 1 unspecified atom stereocenters. The summed E-state index contributed by atoms with van der Waals surface area (Å²) in [5.41, 5.74) is 1.60. The van der Waals surface area contributed by atoms with Gasteiger partial charge in [-0.25, -0.2) is 4.39 Å². The van der Waals surface area contributed by atoms with Crippen molar-refractivity contribution < 1.29 is 9.50 Å². The number of hydrogen-bond donors (Lipinski definition) is 1. The van der Waals surface area contributed by atoms with Crippen molar-refractivity contribution in [1.29, 1.82) is 0 Å². The van der Waals surface area contributed by atoms with E-state index in [0.29, 0.717) is 12.0 Å². The van der Waals surface area contributed by atoms with Gasteiger partial charge in [-0.05, 0) is 30.0 Å². The van der Waals surface area contributed by atoms with Crippen molar-refractivity contribution in [2.45, 2.75) is 30.8 Å². The van der Waals surface area contributed by atoms with Crippen molar-refractivity contribution in [3.63, 3.8) is 0 Å². The molecule has 1 atom stereocenters. The van der Waals surface area contributed by atoms with Gasteiger partial charge in [0.1, 0.15) is 5.82 Å². The third-order valence-corrected chi connectivity index (χ3v) is 4.15. The van der Waals surface area contributed by atoms with Gasteiger partial charge in [0.15, 0.2) is 0 Å². The SMILES string of the molecule is OC(Cc1ccccc1F)C1(c2ccccc2)CC1. The van der Waals surface area contributed by atoms with E-state index in [-0.39, 0.29) is 11.2 Å². The molecule has 19 heavy (non-hydrogen) atoms. The van der Waals surface area contributed by atoms with Gasteiger partial charge < -0.3 is 5.11 Å². The van der Waals surface area contributed by atoms with Crippen molar-refractivity contribution in [2.75, 3.05) is 0 Å². The Balaban J connectivity index is 1.82. The van der Waals surface area contributed by atoms with Crippen LogP contribution >= 0.6 is 0 Å². The van der Waals surface area contributed by atoms with Crippen molar-refractivity contribution in [3.8, 4) is 0 Å². The number of aliphatic hydroxyl groups is 1. The minimum absolute atomic E-state index is 0.163. The van der Waals surface area contributed by atoms with Crippen molar-refractivity contribution in [2.24, 2.45) is 0 Å². The van der Waals surface area contributed by atoms with Gasteiger partial charge in [0.05, 0.1) is 6.10 Å². The summed E-state index contributed by atoms with van der Waals surface area (Å²) < 4.78 is 13.6. The van der Waals surface area contributed by atoms with E-state index in [0.717, 1.165) is 12.8 Å². The van der Waals surface area contributed by atoms with Crippen LogP contribution in [0.15, 0.2) is 54.6 Å². The third-order valence-electron chi connectivity index (χ3n) is 4.15. The molecule has 0 radical (unpaired) electrons. The summed E-state index contributed by atoms with van der Waals surface area (Å²) in [6.07, 6.45) is 1.81. The predicted octanol–water partition coefficient (Wildman–Crippen LogP) is 3.46. The fraction of sp³-hybridized carbons (Fsp3) is 0.294. The second-order valence-corrected chi connectivity index (χ2v) is 5.33. The molecule has 1 nitrogen and oxygen atoms in total. The molecule has 0 saturated heterocycles. The highest BCUT2D eigenvalue weighted by Gasteiger charge is 2.50. The van der Waals surface area contributed by atoms with E-state index in [2.05, 4.69) is 12.1 Å². The molecule has 1 N–H and O–H groups in total. The smallest absolute Gasteiger partial charge is 0.126 e. The molecule has 2 heteroatoms. The molecule has 98 valence electrons. The molecular formula is C17H17FO. The maximum atomic E-state index is 13.6. The Labute approximate surface area is 112 Å². The second-order valence-electron chi connectivity index (χ2n) is 5.33. The van der Waals surface area contributed by atoms with E-state index in [9.17, 15) is 9.50 Å². The first-order valence-corrected chi connectivity index (χ1v) is 6.69. The summed E-state index contributed by atoms with van der Waals surface area (Å²) in [6, 6.07) is 16.8. The molecule has 2 aromatic carbocycles. The molecule has 0 amide bonds. The Kier molecular flexibility index (Phi) is 3.11. The van der Waals surface area contributed by atoms with Gasteiger partial charge in [0.2, 0.25) is 0 Å². The molecule has 0 heterocycles. The first kappa shape index (κ1) is 12.4. The number of rotatable bonds is 4. The largest absolute Gasteiger partial charge is 0.392 e. The molecule has 1 fully saturated rings. The minimum Gasteiger partial charge on any atom is -0.392 e. The Hall–Kier alpha value is -1.67. The molecule has 2 aromatic rings. The monoisotopic (exact) mass is 256 g/mol. The lowest BCUT2D eigenvalue weighted by Crippen LogP contribution is -2.28. The van der Waals surface area contributed by atoms with Crippen LogP contribution in [-0.4, -0.2) is 11.2 Å². The van der Waals surface area contributed by atoms with E-state index >= 15 is 0 Å². The van der Waals surface area contributed by atoms with Crippen molar-refractivity contribution >= 4 is 0 Å². The van der Waals surface area contributed by atoms with Crippen LogP contribution in [0.25, 0.3) is 0 Å². The van der Waals surface area contributed by atoms with Crippen LogP contribution in [0.3, 0.4) is 0 Å². The zero-order chi connectivity index (χ0) is 13.3. The minimum atomic E-state index is -0.521.